The minimum atomic E-state index is -0.974. The van der Waals surface area contributed by atoms with Gasteiger partial charge in [-0.2, -0.15) is 0 Å². The number of hydrogen-bond donors (Lipinski definition) is 3. The van der Waals surface area contributed by atoms with Crippen LogP contribution in [-0.4, -0.2) is 30.7 Å². The minimum absolute atomic E-state index is 0.00992. The van der Waals surface area contributed by atoms with Crippen molar-refractivity contribution in [1.29, 1.82) is 0 Å². The smallest absolute Gasteiger partial charge is 0.343 e. The highest BCUT2D eigenvalue weighted by Gasteiger charge is 2.35. The van der Waals surface area contributed by atoms with Gasteiger partial charge in [0.05, 0.1) is 12.8 Å². The van der Waals surface area contributed by atoms with Gasteiger partial charge in [0.25, 0.3) is 0 Å². The highest BCUT2D eigenvalue weighted by molar-refractivity contribution is 6.23. The Bertz CT molecular complexity index is 607. The number of ether oxygens (including phenoxy) is 1. The number of rotatable bonds is 3. The van der Waals surface area contributed by atoms with Gasteiger partial charge in [0.1, 0.15) is 5.57 Å². The Morgan fingerprint density at radius 1 is 1.30 bits per heavy atom. The molecule has 1 atom stereocenters. The lowest BCUT2D eigenvalue weighted by atomic mass is 10.0. The van der Waals surface area contributed by atoms with E-state index in [-0.39, 0.29) is 22.9 Å². The summed E-state index contributed by atoms with van der Waals surface area (Å²) >= 11 is 0. The van der Waals surface area contributed by atoms with E-state index >= 15 is 0 Å². The number of aliphatic imine (C=N–C) groups is 1. The Morgan fingerprint density at radius 3 is 2.50 bits per heavy atom. The predicted octanol–water partition coefficient (Wildman–Crippen LogP) is -0.501. The molecule has 20 heavy (non-hydrogen) atoms. The topological polar surface area (TPSA) is 120 Å². The third-order valence-electron chi connectivity index (χ3n) is 2.91. The fraction of sp³-hybridized carbons (Fsp3) is 0.154. The summed E-state index contributed by atoms with van der Waals surface area (Å²) in [6.07, 6.45) is 0. The molecule has 7 heteroatoms. The van der Waals surface area contributed by atoms with E-state index in [2.05, 4.69) is 15.2 Å². The average molecular weight is 274 g/mol. The van der Waals surface area contributed by atoms with E-state index in [1.54, 1.807) is 30.3 Å². The minimum Gasteiger partial charge on any atom is -0.465 e. The largest absolute Gasteiger partial charge is 0.465 e. The first-order valence-corrected chi connectivity index (χ1v) is 5.82. The Hall–Kier alpha value is -2.67. The lowest BCUT2D eigenvalue weighted by Gasteiger charge is -2.08. The number of nitrogens with two attached hydrogens (primary N) is 2. The summed E-state index contributed by atoms with van der Waals surface area (Å²) in [7, 11) is 1.21. The fourth-order valence-electron chi connectivity index (χ4n) is 1.92. The summed E-state index contributed by atoms with van der Waals surface area (Å²) in [5.74, 6) is 4.33. The van der Waals surface area contributed by atoms with Crippen LogP contribution in [0.3, 0.4) is 0 Å². The molecule has 1 aromatic rings. The standard InChI is InChI=1S/C13H14N4O3/c1-20-13(19)8-9(14)10(16-12(8)17-15)11(18)7-5-3-2-4-6-7/h2-6,10H,14-15H2,1H3,(H,16,17)/t10-/m0/s1. The number of ketones is 1. The van der Waals surface area contributed by atoms with Crippen LogP contribution in [0.25, 0.3) is 0 Å². The van der Waals surface area contributed by atoms with Gasteiger partial charge >= 0.3 is 5.97 Å². The average Bonchev–Trinajstić information content (AvgIpc) is 2.83. The maximum Gasteiger partial charge on any atom is 0.343 e. The summed E-state index contributed by atoms with van der Waals surface area (Å²) in [6.45, 7) is 0. The molecule has 1 aliphatic rings. The lowest BCUT2D eigenvalue weighted by Crippen LogP contribution is -2.34. The van der Waals surface area contributed by atoms with Gasteiger partial charge in [-0.3, -0.25) is 4.79 Å². The van der Waals surface area contributed by atoms with Gasteiger partial charge in [-0.05, 0) is 0 Å². The zero-order valence-corrected chi connectivity index (χ0v) is 10.8. The molecular weight excluding hydrogens is 260 g/mol. The first-order valence-electron chi connectivity index (χ1n) is 5.82. The summed E-state index contributed by atoms with van der Waals surface area (Å²) in [5.41, 5.74) is 8.57. The van der Waals surface area contributed by atoms with Gasteiger partial charge in [0, 0.05) is 5.56 Å². The third-order valence-corrected chi connectivity index (χ3v) is 2.91. The van der Waals surface area contributed by atoms with Crippen molar-refractivity contribution in [1.82, 2.24) is 5.43 Å². The molecule has 7 nitrogen and oxygen atoms in total. The number of carbonyl (C=O) groups is 2. The van der Waals surface area contributed by atoms with E-state index in [9.17, 15) is 9.59 Å². The molecule has 2 rings (SSSR count). The molecule has 0 saturated carbocycles. The lowest BCUT2D eigenvalue weighted by molar-refractivity contribution is -0.135. The van der Waals surface area contributed by atoms with Crippen LogP contribution >= 0.6 is 0 Å². The van der Waals surface area contributed by atoms with Crippen LogP contribution in [0.2, 0.25) is 0 Å². The highest BCUT2D eigenvalue weighted by Crippen LogP contribution is 2.21. The highest BCUT2D eigenvalue weighted by atomic mass is 16.5. The van der Waals surface area contributed by atoms with Gasteiger partial charge in [0.15, 0.2) is 17.7 Å². The molecule has 5 N–H and O–H groups in total. The normalized spacial score (nSPS) is 17.7. The molecular formula is C13H14N4O3. The number of hydrazine groups is 1. The second-order valence-corrected chi connectivity index (χ2v) is 4.08. The van der Waals surface area contributed by atoms with Crippen molar-refractivity contribution in [3.63, 3.8) is 0 Å². The number of benzene rings is 1. The number of amidine groups is 1. The molecule has 104 valence electrons. The first kappa shape index (κ1) is 13.8. The van der Waals surface area contributed by atoms with Crippen LogP contribution in [0.5, 0.6) is 0 Å². The molecule has 0 aliphatic carbocycles. The number of hydrogen-bond acceptors (Lipinski definition) is 7. The van der Waals surface area contributed by atoms with Crippen LogP contribution in [0, 0.1) is 0 Å². The van der Waals surface area contributed by atoms with E-state index in [0.29, 0.717) is 5.56 Å². The van der Waals surface area contributed by atoms with Crippen LogP contribution < -0.4 is 17.0 Å². The second-order valence-electron chi connectivity index (χ2n) is 4.08. The molecule has 0 aromatic heterocycles. The van der Waals surface area contributed by atoms with Crippen molar-refractivity contribution in [3.8, 4) is 0 Å². The Kier molecular flexibility index (Phi) is 3.81. The summed E-state index contributed by atoms with van der Waals surface area (Å²) in [6, 6.07) is 7.58. The van der Waals surface area contributed by atoms with Gasteiger partial charge in [0.2, 0.25) is 0 Å². The van der Waals surface area contributed by atoms with Gasteiger partial charge < -0.3 is 15.9 Å². The molecule has 0 unspecified atom stereocenters. The van der Waals surface area contributed by atoms with Crippen molar-refractivity contribution < 1.29 is 14.3 Å². The maximum absolute atomic E-state index is 12.3. The van der Waals surface area contributed by atoms with Crippen molar-refractivity contribution in [3.05, 3.63) is 47.2 Å². The zero-order chi connectivity index (χ0) is 14.7. The van der Waals surface area contributed by atoms with Crippen molar-refractivity contribution in [2.24, 2.45) is 16.6 Å². The number of nitrogens with one attached hydrogen (secondary N) is 1. The Labute approximate surface area is 115 Å². The van der Waals surface area contributed by atoms with E-state index in [1.807, 2.05) is 0 Å². The SMILES string of the molecule is COC(=O)C1=C(N)[C@@H](C(=O)c2ccccc2)N=C1NN. The first-order chi connectivity index (χ1) is 9.60. The van der Waals surface area contributed by atoms with Crippen LogP contribution in [0.15, 0.2) is 46.6 Å². The van der Waals surface area contributed by atoms with Crippen molar-refractivity contribution in [2.45, 2.75) is 6.04 Å². The van der Waals surface area contributed by atoms with Crippen molar-refractivity contribution in [2.75, 3.05) is 7.11 Å². The maximum atomic E-state index is 12.3. The quantitative estimate of drug-likeness (QED) is 0.296. The second kappa shape index (κ2) is 5.54. The molecule has 0 bridgehead atoms. The Morgan fingerprint density at radius 2 is 1.95 bits per heavy atom. The van der Waals surface area contributed by atoms with Crippen molar-refractivity contribution >= 4 is 17.6 Å². The molecule has 1 aliphatic heterocycles. The predicted molar refractivity (Wildman–Crippen MR) is 72.5 cm³/mol. The molecule has 0 fully saturated rings. The van der Waals surface area contributed by atoms with Gasteiger partial charge in [-0.1, -0.05) is 30.3 Å². The molecule has 1 heterocycles. The zero-order valence-electron chi connectivity index (χ0n) is 10.8. The Balaban J connectivity index is 2.39. The van der Waals surface area contributed by atoms with Gasteiger partial charge in [-0.15, -0.1) is 0 Å². The monoisotopic (exact) mass is 274 g/mol. The summed E-state index contributed by atoms with van der Waals surface area (Å²) in [4.78, 5) is 28.0. The molecule has 1 aromatic carbocycles. The number of methoxy groups -OCH3 is 1. The number of nitrogens with zero attached hydrogens (tertiary/aromatic N) is 1. The fourth-order valence-corrected chi connectivity index (χ4v) is 1.92. The summed E-state index contributed by atoms with van der Waals surface area (Å²) in [5, 5.41) is 0. The van der Waals surface area contributed by atoms with Gasteiger partial charge in [-0.25, -0.2) is 15.6 Å². The van der Waals surface area contributed by atoms with Crippen LogP contribution in [0.1, 0.15) is 10.4 Å². The number of carbonyl (C=O) groups excluding carboxylic acids is 2. The molecule has 0 saturated heterocycles. The third kappa shape index (κ3) is 2.26. The molecule has 0 amide bonds. The summed E-state index contributed by atoms with van der Waals surface area (Å²) < 4.78 is 4.61. The molecule has 0 radical (unpaired) electrons. The van der Waals surface area contributed by atoms with E-state index < -0.39 is 12.0 Å². The number of Topliss-reactive ketones (excluding diaryl/α,β-unsaturated/α-hetero) is 1. The van der Waals surface area contributed by atoms with Crippen LogP contribution in [0.4, 0.5) is 0 Å². The number of esters is 1. The van der Waals surface area contributed by atoms with Crippen LogP contribution in [-0.2, 0) is 9.53 Å². The molecule has 0 spiro atoms. The van der Waals surface area contributed by atoms with E-state index in [0.717, 1.165) is 0 Å². The van der Waals surface area contributed by atoms with E-state index in [1.165, 1.54) is 7.11 Å². The van der Waals surface area contributed by atoms with E-state index in [4.69, 9.17) is 11.6 Å².